The number of thiocarbonyl (C=S) groups is 1. The van der Waals surface area contributed by atoms with Crippen LogP contribution in [-0.4, -0.2) is 23.4 Å². The molecule has 3 N–H and O–H groups in total. The first kappa shape index (κ1) is 13.7. The van der Waals surface area contributed by atoms with Crippen molar-refractivity contribution in [2.75, 3.05) is 13.2 Å². The molecule has 0 heterocycles. The van der Waals surface area contributed by atoms with Crippen LogP contribution in [0.15, 0.2) is 12.1 Å². The van der Waals surface area contributed by atoms with Gasteiger partial charge >= 0.3 is 0 Å². The smallest absolute Gasteiger partial charge is 0.194 e. The molecule has 94 valence electrons. The van der Waals surface area contributed by atoms with Crippen molar-refractivity contribution in [2.45, 2.75) is 6.54 Å². The van der Waals surface area contributed by atoms with Crippen molar-refractivity contribution in [1.82, 2.24) is 10.6 Å². The number of aliphatic hydroxyl groups is 1. The van der Waals surface area contributed by atoms with Crippen molar-refractivity contribution in [1.29, 1.82) is 0 Å². The van der Waals surface area contributed by atoms with Crippen LogP contribution in [0.2, 0.25) is 0 Å². The Morgan fingerprint density at radius 3 is 2.53 bits per heavy atom. The van der Waals surface area contributed by atoms with Gasteiger partial charge in [0.1, 0.15) is 0 Å². The van der Waals surface area contributed by atoms with E-state index in [1.807, 2.05) is 0 Å². The van der Waals surface area contributed by atoms with Gasteiger partial charge in [-0.3, -0.25) is 0 Å². The van der Waals surface area contributed by atoms with Gasteiger partial charge in [0, 0.05) is 18.7 Å². The van der Waals surface area contributed by atoms with E-state index >= 15 is 0 Å². The topological polar surface area (TPSA) is 44.3 Å². The summed E-state index contributed by atoms with van der Waals surface area (Å²) < 4.78 is 38.7. The summed E-state index contributed by atoms with van der Waals surface area (Å²) in [4.78, 5) is 0. The Labute approximate surface area is 102 Å². The standard InChI is InChI=1S/C10H11F3N2OS/c11-7-2-1-6(8(12)9(7)13)5-15-10(17)14-3-4-16/h1-2,16H,3-5H2,(H2,14,15,17). The second kappa shape index (κ2) is 6.41. The predicted molar refractivity (Wildman–Crippen MR) is 60.8 cm³/mol. The van der Waals surface area contributed by atoms with Crippen molar-refractivity contribution < 1.29 is 18.3 Å². The fourth-order valence-electron chi connectivity index (χ4n) is 1.11. The fraction of sp³-hybridized carbons (Fsp3) is 0.300. The predicted octanol–water partition coefficient (Wildman–Crippen LogP) is 1.06. The summed E-state index contributed by atoms with van der Waals surface area (Å²) in [7, 11) is 0. The minimum absolute atomic E-state index is 0.0305. The summed E-state index contributed by atoms with van der Waals surface area (Å²) >= 11 is 4.80. The Morgan fingerprint density at radius 1 is 1.18 bits per heavy atom. The van der Waals surface area contributed by atoms with Crippen LogP contribution in [0, 0.1) is 17.5 Å². The molecule has 17 heavy (non-hydrogen) atoms. The monoisotopic (exact) mass is 264 g/mol. The molecule has 1 rings (SSSR count). The van der Waals surface area contributed by atoms with Crippen LogP contribution >= 0.6 is 12.2 Å². The molecular weight excluding hydrogens is 253 g/mol. The zero-order valence-corrected chi connectivity index (χ0v) is 9.58. The molecule has 0 atom stereocenters. The molecule has 0 spiro atoms. The molecule has 0 aliphatic heterocycles. The quantitative estimate of drug-likeness (QED) is 0.562. The number of aliphatic hydroxyl groups excluding tert-OH is 1. The Kier molecular flexibility index (Phi) is 5.17. The van der Waals surface area contributed by atoms with Gasteiger partial charge in [-0.2, -0.15) is 0 Å². The highest BCUT2D eigenvalue weighted by Gasteiger charge is 2.12. The van der Waals surface area contributed by atoms with Gasteiger partial charge in [-0.15, -0.1) is 0 Å². The SMILES string of the molecule is OCCNC(=S)NCc1ccc(F)c(F)c1F. The molecule has 7 heteroatoms. The minimum atomic E-state index is -1.50. The third kappa shape index (κ3) is 3.86. The first-order valence-corrected chi connectivity index (χ1v) is 5.22. The van der Waals surface area contributed by atoms with Gasteiger partial charge in [-0.1, -0.05) is 6.07 Å². The molecule has 0 aromatic heterocycles. The maximum absolute atomic E-state index is 13.2. The lowest BCUT2D eigenvalue weighted by Gasteiger charge is -2.10. The molecule has 0 radical (unpaired) electrons. The van der Waals surface area contributed by atoms with Crippen LogP contribution in [0.25, 0.3) is 0 Å². The first-order chi connectivity index (χ1) is 8.06. The van der Waals surface area contributed by atoms with Gasteiger partial charge in [0.15, 0.2) is 22.6 Å². The number of benzene rings is 1. The minimum Gasteiger partial charge on any atom is -0.395 e. The largest absolute Gasteiger partial charge is 0.395 e. The molecule has 0 aliphatic carbocycles. The van der Waals surface area contributed by atoms with Crippen LogP contribution in [0.5, 0.6) is 0 Å². The lowest BCUT2D eigenvalue weighted by Crippen LogP contribution is -2.36. The van der Waals surface area contributed by atoms with E-state index in [0.29, 0.717) is 0 Å². The lowest BCUT2D eigenvalue weighted by molar-refractivity contribution is 0.300. The Hall–Kier alpha value is -1.34. The summed E-state index contributed by atoms with van der Waals surface area (Å²) in [6.07, 6.45) is 0. The Balaban J connectivity index is 2.58. The molecular formula is C10H11F3N2OS. The number of hydrogen-bond donors (Lipinski definition) is 3. The second-order valence-corrected chi connectivity index (χ2v) is 3.58. The molecule has 0 saturated heterocycles. The van der Waals surface area contributed by atoms with E-state index in [4.69, 9.17) is 17.3 Å². The first-order valence-electron chi connectivity index (χ1n) is 4.81. The van der Waals surface area contributed by atoms with E-state index in [0.717, 1.165) is 12.1 Å². The van der Waals surface area contributed by atoms with E-state index in [1.165, 1.54) is 0 Å². The molecule has 0 amide bonds. The third-order valence-electron chi connectivity index (χ3n) is 1.95. The molecule has 0 unspecified atom stereocenters. The van der Waals surface area contributed by atoms with Gasteiger partial charge in [0.2, 0.25) is 0 Å². The average molecular weight is 264 g/mol. The van der Waals surface area contributed by atoms with Crippen LogP contribution in [0.4, 0.5) is 13.2 Å². The summed E-state index contributed by atoms with van der Waals surface area (Å²) in [6.45, 7) is 0.0910. The number of halogens is 3. The van der Waals surface area contributed by atoms with Gasteiger partial charge in [-0.25, -0.2) is 13.2 Å². The van der Waals surface area contributed by atoms with E-state index < -0.39 is 17.5 Å². The highest BCUT2D eigenvalue weighted by atomic mass is 32.1. The molecule has 0 bridgehead atoms. The van der Waals surface area contributed by atoms with Crippen LogP contribution in [0.3, 0.4) is 0 Å². The van der Waals surface area contributed by atoms with Crippen molar-refractivity contribution in [3.05, 3.63) is 35.1 Å². The van der Waals surface area contributed by atoms with Crippen molar-refractivity contribution in [3.8, 4) is 0 Å². The summed E-state index contributed by atoms with van der Waals surface area (Å²) in [5, 5.41) is 13.9. The fourth-order valence-corrected chi connectivity index (χ4v) is 1.28. The van der Waals surface area contributed by atoms with Crippen LogP contribution in [-0.2, 0) is 6.54 Å². The van der Waals surface area contributed by atoms with Crippen LogP contribution in [0.1, 0.15) is 5.56 Å². The zero-order valence-electron chi connectivity index (χ0n) is 8.77. The second-order valence-electron chi connectivity index (χ2n) is 3.17. The van der Waals surface area contributed by atoms with Gasteiger partial charge in [0.05, 0.1) is 6.61 Å². The van der Waals surface area contributed by atoms with E-state index in [-0.39, 0.29) is 30.4 Å². The summed E-state index contributed by atoms with van der Waals surface area (Å²) in [6, 6.07) is 1.98. The summed E-state index contributed by atoms with van der Waals surface area (Å²) in [5.74, 6) is -3.96. The van der Waals surface area contributed by atoms with Gasteiger partial charge in [-0.05, 0) is 18.3 Å². The Morgan fingerprint density at radius 2 is 1.88 bits per heavy atom. The summed E-state index contributed by atoms with van der Waals surface area (Å²) in [5.41, 5.74) is -0.0305. The lowest BCUT2D eigenvalue weighted by atomic mass is 10.2. The number of hydrogen-bond acceptors (Lipinski definition) is 2. The molecule has 0 saturated carbocycles. The number of nitrogens with one attached hydrogen (secondary N) is 2. The number of rotatable bonds is 4. The molecule has 1 aromatic rings. The molecule has 1 aromatic carbocycles. The normalized spacial score (nSPS) is 10.1. The average Bonchev–Trinajstić information content (AvgIpc) is 2.32. The molecule has 0 fully saturated rings. The van der Waals surface area contributed by atoms with Gasteiger partial charge in [0.25, 0.3) is 0 Å². The highest BCUT2D eigenvalue weighted by Crippen LogP contribution is 2.14. The third-order valence-corrected chi connectivity index (χ3v) is 2.24. The van der Waals surface area contributed by atoms with E-state index in [1.54, 1.807) is 0 Å². The van der Waals surface area contributed by atoms with Gasteiger partial charge < -0.3 is 15.7 Å². The van der Waals surface area contributed by atoms with Crippen LogP contribution < -0.4 is 10.6 Å². The van der Waals surface area contributed by atoms with Crippen molar-refractivity contribution >= 4 is 17.3 Å². The molecule has 3 nitrogen and oxygen atoms in total. The van der Waals surface area contributed by atoms with Crippen molar-refractivity contribution in [3.63, 3.8) is 0 Å². The Bertz CT molecular complexity index is 415. The van der Waals surface area contributed by atoms with E-state index in [2.05, 4.69) is 10.6 Å². The maximum atomic E-state index is 13.2. The van der Waals surface area contributed by atoms with Crippen molar-refractivity contribution in [2.24, 2.45) is 0 Å². The maximum Gasteiger partial charge on any atom is 0.194 e. The highest BCUT2D eigenvalue weighted by molar-refractivity contribution is 7.80. The zero-order chi connectivity index (χ0) is 12.8. The molecule has 0 aliphatic rings. The van der Waals surface area contributed by atoms with E-state index in [9.17, 15) is 13.2 Å².